The van der Waals surface area contributed by atoms with Gasteiger partial charge in [0.1, 0.15) is 0 Å². The molecule has 390 valence electrons. The number of benzene rings is 12. The van der Waals surface area contributed by atoms with Crippen molar-refractivity contribution in [2.45, 2.75) is 17.3 Å². The van der Waals surface area contributed by atoms with E-state index in [1.54, 1.807) is 0 Å². The van der Waals surface area contributed by atoms with Gasteiger partial charge < -0.3 is 9.47 Å². The highest BCUT2D eigenvalue weighted by Gasteiger charge is 2.57. The van der Waals surface area contributed by atoms with Crippen molar-refractivity contribution in [2.75, 3.05) is 4.90 Å². The second-order valence-electron chi connectivity index (χ2n) is 22.3. The molecule has 2 spiro atoms. The summed E-state index contributed by atoms with van der Waals surface area (Å²) < 4.78 is 2.53. The van der Waals surface area contributed by atoms with Crippen LogP contribution in [0.25, 0.3) is 72.0 Å². The van der Waals surface area contributed by atoms with Crippen LogP contribution in [0.4, 0.5) is 17.1 Å². The Labute approximate surface area is 485 Å². The van der Waals surface area contributed by atoms with Crippen LogP contribution in [0.1, 0.15) is 44.5 Å². The van der Waals surface area contributed by atoms with Gasteiger partial charge >= 0.3 is 0 Å². The van der Waals surface area contributed by atoms with E-state index in [-0.39, 0.29) is 0 Å². The van der Waals surface area contributed by atoms with Crippen molar-refractivity contribution in [1.29, 1.82) is 0 Å². The number of nitrogens with zero attached hydrogens (tertiary/aromatic N) is 2. The summed E-state index contributed by atoms with van der Waals surface area (Å²) in [4.78, 5) is 2.36. The fourth-order valence-electron chi connectivity index (χ4n) is 14.6. The van der Waals surface area contributed by atoms with Crippen LogP contribution in [0, 0.1) is 0 Å². The summed E-state index contributed by atoms with van der Waals surface area (Å²) in [7, 11) is 0. The highest BCUT2D eigenvalue weighted by molar-refractivity contribution is 6.11. The average molecular weight is 1060 g/mol. The molecule has 0 saturated carbocycles. The van der Waals surface area contributed by atoms with Gasteiger partial charge in [-0.05, 0) is 156 Å². The molecule has 0 fully saturated rings. The zero-order valence-electron chi connectivity index (χ0n) is 45.8. The summed E-state index contributed by atoms with van der Waals surface area (Å²) in [5.74, 6) is 0. The van der Waals surface area contributed by atoms with E-state index in [1.165, 1.54) is 111 Å². The molecule has 2 heteroatoms. The van der Waals surface area contributed by atoms with Gasteiger partial charge in [0.05, 0.1) is 27.6 Å². The van der Waals surface area contributed by atoms with E-state index in [9.17, 15) is 0 Å². The Balaban J connectivity index is 0.834. The first kappa shape index (κ1) is 48.4. The minimum Gasteiger partial charge on any atom is -0.311 e. The van der Waals surface area contributed by atoms with Crippen molar-refractivity contribution in [1.82, 2.24) is 4.57 Å². The molecule has 0 radical (unpaired) electrons. The quantitative estimate of drug-likeness (QED) is 0.154. The summed E-state index contributed by atoms with van der Waals surface area (Å²) in [5, 5.41) is 2.44. The predicted molar refractivity (Wildman–Crippen MR) is 347 cm³/mol. The van der Waals surface area contributed by atoms with Crippen molar-refractivity contribution < 1.29 is 0 Å². The second kappa shape index (κ2) is 19.3. The van der Waals surface area contributed by atoms with E-state index < -0.39 is 10.8 Å². The van der Waals surface area contributed by atoms with E-state index >= 15 is 0 Å². The molecule has 16 rings (SSSR count). The summed E-state index contributed by atoms with van der Waals surface area (Å²) in [6, 6.07) is 108. The zero-order valence-corrected chi connectivity index (χ0v) is 45.8. The molecule has 0 amide bonds. The molecule has 0 atom stereocenters. The van der Waals surface area contributed by atoms with Gasteiger partial charge in [0, 0.05) is 33.4 Å². The molecule has 3 aliphatic carbocycles. The summed E-state index contributed by atoms with van der Waals surface area (Å²) in [6.07, 6.45) is 9.71. The number of hydrogen-bond acceptors (Lipinski definition) is 1. The number of aromatic nitrogens is 1. The Hall–Kier alpha value is -10.5. The standard InChI is InChI=1S/C81H56N2/c1-55-22-5-2-10-27-61-28-11-14-31-69(61)80(55)71-33-16-18-35-73(71)81(74-36-19-17-34-72(74)80)70-32-15-12-30-67(70)79-75(81)37-21-39-78(79)83-76-38-20-13-29-66(76)68-54-62(46-53-77(68)83)60-44-51-65(52-45-60)82(63-47-40-58(41-48-63)56-23-6-3-7-24-56)64-49-42-59(43-50-64)57-25-8-4-9-26-57/h2-26,28-54H,1,27H2/b10-2-,22-5-. The number of allylic oxidation sites excluding steroid dienone is 5. The summed E-state index contributed by atoms with van der Waals surface area (Å²) >= 11 is 0. The van der Waals surface area contributed by atoms with Gasteiger partial charge in [0.15, 0.2) is 0 Å². The molecule has 1 aromatic heterocycles. The Morgan fingerprint density at radius 2 is 0.795 bits per heavy atom. The topological polar surface area (TPSA) is 8.17 Å². The molecule has 2 nitrogen and oxygen atoms in total. The molecule has 12 aromatic carbocycles. The maximum atomic E-state index is 4.99. The lowest BCUT2D eigenvalue weighted by Crippen LogP contribution is -2.45. The molecule has 3 aliphatic rings. The highest BCUT2D eigenvalue weighted by Crippen LogP contribution is 2.66. The van der Waals surface area contributed by atoms with E-state index in [2.05, 4.69) is 325 Å². The molecule has 0 N–H and O–H groups in total. The molecule has 0 unspecified atom stereocenters. The largest absolute Gasteiger partial charge is 0.311 e. The highest BCUT2D eigenvalue weighted by atomic mass is 15.1. The fraction of sp³-hybridized carbons (Fsp3) is 0.0370. The molecule has 13 aromatic rings. The van der Waals surface area contributed by atoms with E-state index in [4.69, 9.17) is 6.58 Å². The third-order valence-corrected chi connectivity index (χ3v) is 18.1. The maximum Gasteiger partial charge on any atom is 0.0720 e. The van der Waals surface area contributed by atoms with Crippen molar-refractivity contribution in [3.05, 3.63) is 372 Å². The normalized spacial score (nSPS) is 17.2. The van der Waals surface area contributed by atoms with Gasteiger partial charge in [-0.2, -0.15) is 0 Å². The summed E-state index contributed by atoms with van der Waals surface area (Å²) in [6.45, 7) is 4.99. The second-order valence-corrected chi connectivity index (χ2v) is 22.3. The lowest BCUT2D eigenvalue weighted by Gasteiger charge is -2.50. The number of rotatable bonds is 7. The smallest absolute Gasteiger partial charge is 0.0720 e. The Morgan fingerprint density at radius 1 is 0.337 bits per heavy atom. The molecular formula is C81H56N2. The Kier molecular flexibility index (Phi) is 11.3. The first-order valence-corrected chi connectivity index (χ1v) is 28.9. The number of anilines is 3. The van der Waals surface area contributed by atoms with Crippen LogP contribution < -0.4 is 4.90 Å². The minimum atomic E-state index is -0.638. The number of para-hydroxylation sites is 1. The van der Waals surface area contributed by atoms with Crippen LogP contribution >= 0.6 is 0 Å². The fourth-order valence-corrected chi connectivity index (χ4v) is 14.6. The van der Waals surface area contributed by atoms with Gasteiger partial charge in [-0.3, -0.25) is 0 Å². The van der Waals surface area contributed by atoms with Crippen LogP contribution in [0.5, 0.6) is 0 Å². The van der Waals surface area contributed by atoms with E-state index in [0.29, 0.717) is 0 Å². The summed E-state index contributed by atoms with van der Waals surface area (Å²) in [5.41, 5.74) is 26.6. The minimum absolute atomic E-state index is 0.624. The lowest BCUT2D eigenvalue weighted by molar-refractivity contribution is 0.621. The predicted octanol–water partition coefficient (Wildman–Crippen LogP) is 20.5. The van der Waals surface area contributed by atoms with Crippen LogP contribution in [0.3, 0.4) is 0 Å². The van der Waals surface area contributed by atoms with Crippen LogP contribution in [0.15, 0.2) is 328 Å². The first-order valence-electron chi connectivity index (χ1n) is 28.9. The third kappa shape index (κ3) is 7.29. The van der Waals surface area contributed by atoms with Crippen molar-refractivity contribution in [2.24, 2.45) is 0 Å². The van der Waals surface area contributed by atoms with Crippen LogP contribution in [0.2, 0.25) is 0 Å². The van der Waals surface area contributed by atoms with Crippen LogP contribution in [-0.4, -0.2) is 4.57 Å². The van der Waals surface area contributed by atoms with Crippen molar-refractivity contribution >= 4 is 38.9 Å². The first-order chi connectivity index (χ1) is 41.1. The zero-order chi connectivity index (χ0) is 55.1. The number of hydrogen-bond donors (Lipinski definition) is 0. The van der Waals surface area contributed by atoms with Gasteiger partial charge in [0.25, 0.3) is 0 Å². The van der Waals surface area contributed by atoms with E-state index in [1.807, 2.05) is 0 Å². The van der Waals surface area contributed by atoms with Gasteiger partial charge in [-0.1, -0.05) is 261 Å². The Morgan fingerprint density at radius 3 is 1.41 bits per heavy atom. The van der Waals surface area contributed by atoms with E-state index in [0.717, 1.165) is 34.6 Å². The molecule has 0 aliphatic heterocycles. The van der Waals surface area contributed by atoms with Gasteiger partial charge in [-0.25, -0.2) is 0 Å². The molecule has 1 heterocycles. The molecular weight excluding hydrogens is 1000 g/mol. The SMILES string of the molecule is C=C1/C=C\C=C/Cc2ccccc2C12c1ccccc1C1(c3ccccc3-c3c(-n4c5ccccc5c5cc(-c6ccc(N(c7ccc(-c8ccccc8)cc7)c7ccc(-c8ccccc8)cc7)cc6)ccc54)cccc31)c1ccccc12. The van der Waals surface area contributed by atoms with Gasteiger partial charge in [-0.15, -0.1) is 0 Å². The monoisotopic (exact) mass is 1060 g/mol. The van der Waals surface area contributed by atoms with Gasteiger partial charge in [0.2, 0.25) is 0 Å². The average Bonchev–Trinajstić information content (AvgIpc) is 1.68. The third-order valence-electron chi connectivity index (χ3n) is 18.1. The molecule has 0 bridgehead atoms. The Bertz CT molecular complexity index is 4620. The lowest BCUT2D eigenvalue weighted by atomic mass is 9.51. The van der Waals surface area contributed by atoms with Crippen LogP contribution in [-0.2, 0) is 17.3 Å². The maximum absolute atomic E-state index is 4.99. The van der Waals surface area contributed by atoms with Crippen molar-refractivity contribution in [3.63, 3.8) is 0 Å². The van der Waals surface area contributed by atoms with Crippen molar-refractivity contribution in [3.8, 4) is 50.2 Å². The molecule has 0 saturated heterocycles. The number of fused-ring (bicyclic) bond motifs is 16. The molecule has 83 heavy (non-hydrogen) atoms.